The second-order valence-corrected chi connectivity index (χ2v) is 5.48. The van der Waals surface area contributed by atoms with Gasteiger partial charge in [0.1, 0.15) is 5.82 Å². The molecule has 0 saturated heterocycles. The summed E-state index contributed by atoms with van der Waals surface area (Å²) in [6.07, 6.45) is 2.85. The summed E-state index contributed by atoms with van der Waals surface area (Å²) >= 11 is 3.15. The monoisotopic (exact) mass is 377 g/mol. The fourth-order valence-electron chi connectivity index (χ4n) is 1.79. The number of carbonyl (C=O) groups is 2. The lowest BCUT2D eigenvalue weighted by Gasteiger charge is -2.04. The van der Waals surface area contributed by atoms with E-state index < -0.39 is 17.7 Å². The summed E-state index contributed by atoms with van der Waals surface area (Å²) in [5.41, 5.74) is 1.25. The molecule has 1 N–H and O–H groups in total. The number of rotatable bonds is 4. The number of ether oxygens (including phenoxy) is 1. The molecule has 4 nitrogen and oxygen atoms in total. The highest BCUT2D eigenvalue weighted by atomic mass is 79.9. The van der Waals surface area contributed by atoms with Crippen molar-refractivity contribution in [2.75, 3.05) is 12.4 Å². The molecular weight excluding hydrogens is 365 g/mol. The maximum absolute atomic E-state index is 13.6. The van der Waals surface area contributed by atoms with Gasteiger partial charge in [-0.05, 0) is 42.0 Å². The number of nitrogens with one attached hydrogen (secondary N) is 1. The van der Waals surface area contributed by atoms with E-state index in [2.05, 4.69) is 26.0 Å². The van der Waals surface area contributed by atoms with Gasteiger partial charge in [-0.25, -0.2) is 9.18 Å². The zero-order valence-electron chi connectivity index (χ0n) is 12.2. The maximum atomic E-state index is 13.6. The van der Waals surface area contributed by atoms with E-state index in [9.17, 15) is 14.0 Å². The van der Waals surface area contributed by atoms with Crippen LogP contribution in [0.1, 0.15) is 15.9 Å². The molecular formula is C17H13BrFNO3. The van der Waals surface area contributed by atoms with Crippen LogP contribution in [-0.4, -0.2) is 19.0 Å². The van der Waals surface area contributed by atoms with Crippen LogP contribution >= 0.6 is 15.9 Å². The number of anilines is 1. The second-order valence-electron chi connectivity index (χ2n) is 4.56. The van der Waals surface area contributed by atoms with Crippen molar-refractivity contribution < 1.29 is 18.7 Å². The van der Waals surface area contributed by atoms with Crippen LogP contribution < -0.4 is 5.32 Å². The Kier molecular flexibility index (Phi) is 5.65. The van der Waals surface area contributed by atoms with Crippen LogP contribution in [0.25, 0.3) is 6.08 Å². The lowest BCUT2D eigenvalue weighted by Crippen LogP contribution is -2.09. The first kappa shape index (κ1) is 16.9. The molecule has 0 radical (unpaired) electrons. The van der Waals surface area contributed by atoms with E-state index >= 15 is 0 Å². The number of carbonyl (C=O) groups excluding carboxylic acids is 2. The van der Waals surface area contributed by atoms with Crippen LogP contribution in [0.2, 0.25) is 0 Å². The number of methoxy groups -OCH3 is 1. The van der Waals surface area contributed by atoms with Crippen molar-refractivity contribution in [3.63, 3.8) is 0 Å². The highest BCUT2D eigenvalue weighted by molar-refractivity contribution is 9.10. The summed E-state index contributed by atoms with van der Waals surface area (Å²) in [4.78, 5) is 23.1. The molecule has 0 aliphatic heterocycles. The third-order valence-corrected chi connectivity index (χ3v) is 3.44. The van der Waals surface area contributed by atoms with Crippen LogP contribution in [0.15, 0.2) is 53.0 Å². The van der Waals surface area contributed by atoms with Crippen molar-refractivity contribution in [2.24, 2.45) is 0 Å². The Balaban J connectivity index is 2.02. The van der Waals surface area contributed by atoms with E-state index in [4.69, 9.17) is 0 Å². The Morgan fingerprint density at radius 2 is 1.87 bits per heavy atom. The van der Waals surface area contributed by atoms with Gasteiger partial charge in [0.2, 0.25) is 5.91 Å². The summed E-state index contributed by atoms with van der Waals surface area (Å²) in [5, 5.41) is 2.45. The topological polar surface area (TPSA) is 55.4 Å². The predicted octanol–water partition coefficient (Wildman–Crippen LogP) is 4.03. The maximum Gasteiger partial charge on any atom is 0.337 e. The summed E-state index contributed by atoms with van der Waals surface area (Å²) in [5.74, 6) is -1.41. The first-order chi connectivity index (χ1) is 11.0. The number of hydrogen-bond acceptors (Lipinski definition) is 3. The molecule has 0 aromatic heterocycles. The van der Waals surface area contributed by atoms with Crippen molar-refractivity contribution in [2.45, 2.75) is 0 Å². The highest BCUT2D eigenvalue weighted by Gasteiger charge is 2.06. The Labute approximate surface area is 141 Å². The Morgan fingerprint density at radius 1 is 1.17 bits per heavy atom. The predicted molar refractivity (Wildman–Crippen MR) is 89.5 cm³/mol. The average molecular weight is 378 g/mol. The Hall–Kier alpha value is -2.47. The minimum absolute atomic E-state index is 0.101. The zero-order chi connectivity index (χ0) is 16.8. The van der Waals surface area contributed by atoms with E-state index in [1.807, 2.05) is 0 Å². The molecule has 6 heteroatoms. The van der Waals surface area contributed by atoms with Crippen LogP contribution in [0.4, 0.5) is 10.1 Å². The van der Waals surface area contributed by atoms with Gasteiger partial charge in [0, 0.05) is 10.5 Å². The third kappa shape index (κ3) is 4.75. The van der Waals surface area contributed by atoms with E-state index in [1.165, 1.54) is 25.3 Å². The molecule has 0 bridgehead atoms. The minimum Gasteiger partial charge on any atom is -0.465 e. The number of benzene rings is 2. The van der Waals surface area contributed by atoms with Crippen molar-refractivity contribution in [3.8, 4) is 0 Å². The van der Waals surface area contributed by atoms with E-state index in [0.717, 1.165) is 5.56 Å². The first-order valence-corrected chi connectivity index (χ1v) is 7.41. The van der Waals surface area contributed by atoms with Gasteiger partial charge in [0.05, 0.1) is 18.4 Å². The molecule has 0 fully saturated rings. The van der Waals surface area contributed by atoms with Gasteiger partial charge in [0.15, 0.2) is 0 Å². The molecule has 2 aromatic rings. The second kappa shape index (κ2) is 7.69. The summed E-state index contributed by atoms with van der Waals surface area (Å²) in [6, 6.07) is 10.9. The van der Waals surface area contributed by atoms with Crippen LogP contribution in [-0.2, 0) is 9.53 Å². The van der Waals surface area contributed by atoms with Gasteiger partial charge in [-0.15, -0.1) is 0 Å². The largest absolute Gasteiger partial charge is 0.465 e. The van der Waals surface area contributed by atoms with Gasteiger partial charge < -0.3 is 10.1 Å². The van der Waals surface area contributed by atoms with E-state index in [-0.39, 0.29) is 5.69 Å². The van der Waals surface area contributed by atoms with Gasteiger partial charge >= 0.3 is 5.97 Å². The van der Waals surface area contributed by atoms with Gasteiger partial charge in [0.25, 0.3) is 0 Å². The molecule has 1 amide bonds. The SMILES string of the molecule is COC(=O)c1ccc(/C=C/C(=O)Nc2ccc(Br)cc2F)cc1. The fourth-order valence-corrected chi connectivity index (χ4v) is 2.12. The Morgan fingerprint density at radius 3 is 2.48 bits per heavy atom. The molecule has 0 heterocycles. The fraction of sp³-hybridized carbons (Fsp3) is 0.0588. The minimum atomic E-state index is -0.524. The summed E-state index contributed by atoms with van der Waals surface area (Å²) in [6.45, 7) is 0. The Bertz CT molecular complexity index is 757. The van der Waals surface area contributed by atoms with Crippen molar-refractivity contribution in [3.05, 3.63) is 70.0 Å². The molecule has 118 valence electrons. The van der Waals surface area contributed by atoms with Crippen LogP contribution in [0, 0.1) is 5.82 Å². The zero-order valence-corrected chi connectivity index (χ0v) is 13.8. The van der Waals surface area contributed by atoms with Gasteiger partial charge in [-0.2, -0.15) is 0 Å². The van der Waals surface area contributed by atoms with Crippen molar-refractivity contribution in [1.29, 1.82) is 0 Å². The van der Waals surface area contributed by atoms with Crippen LogP contribution in [0.3, 0.4) is 0 Å². The molecule has 0 unspecified atom stereocenters. The van der Waals surface area contributed by atoms with Gasteiger partial charge in [-0.3, -0.25) is 4.79 Å². The van der Waals surface area contributed by atoms with Crippen molar-refractivity contribution in [1.82, 2.24) is 0 Å². The molecule has 0 aliphatic carbocycles. The summed E-state index contributed by atoms with van der Waals surface area (Å²) < 4.78 is 18.8. The van der Waals surface area contributed by atoms with E-state index in [1.54, 1.807) is 36.4 Å². The molecule has 0 spiro atoms. The smallest absolute Gasteiger partial charge is 0.337 e. The van der Waals surface area contributed by atoms with Crippen molar-refractivity contribution >= 4 is 39.6 Å². The molecule has 0 aliphatic rings. The molecule has 2 rings (SSSR count). The number of halogens is 2. The first-order valence-electron chi connectivity index (χ1n) is 6.62. The quantitative estimate of drug-likeness (QED) is 0.646. The average Bonchev–Trinajstić information content (AvgIpc) is 2.55. The third-order valence-electron chi connectivity index (χ3n) is 2.95. The summed E-state index contributed by atoms with van der Waals surface area (Å²) in [7, 11) is 1.31. The number of amides is 1. The highest BCUT2D eigenvalue weighted by Crippen LogP contribution is 2.19. The standard InChI is InChI=1S/C17H13BrFNO3/c1-23-17(22)12-5-2-11(3-6-12)4-9-16(21)20-15-8-7-13(18)10-14(15)19/h2-10H,1H3,(H,20,21)/b9-4+. The van der Waals surface area contributed by atoms with Gasteiger partial charge in [-0.1, -0.05) is 28.1 Å². The molecule has 23 heavy (non-hydrogen) atoms. The molecule has 0 saturated carbocycles. The number of esters is 1. The molecule has 0 atom stereocenters. The normalized spacial score (nSPS) is 10.6. The lowest BCUT2D eigenvalue weighted by atomic mass is 10.1. The molecule has 2 aromatic carbocycles. The number of hydrogen-bond donors (Lipinski definition) is 1. The van der Waals surface area contributed by atoms with Crippen LogP contribution in [0.5, 0.6) is 0 Å². The lowest BCUT2D eigenvalue weighted by molar-refractivity contribution is -0.111. The van der Waals surface area contributed by atoms with E-state index in [0.29, 0.717) is 10.0 Å².